The molecule has 1 N–H and O–H groups in total. The van der Waals surface area contributed by atoms with Crippen molar-refractivity contribution in [2.45, 2.75) is 0 Å². The highest BCUT2D eigenvalue weighted by Crippen LogP contribution is 2.29. The summed E-state index contributed by atoms with van der Waals surface area (Å²) in [5.41, 5.74) is 1.83. The number of aromatic nitrogens is 5. The molecule has 0 radical (unpaired) electrons. The van der Waals surface area contributed by atoms with Gasteiger partial charge in [-0.1, -0.05) is 41.1 Å². The van der Waals surface area contributed by atoms with Gasteiger partial charge in [-0.3, -0.25) is 14.9 Å². The van der Waals surface area contributed by atoms with Crippen LogP contribution in [0.3, 0.4) is 0 Å². The van der Waals surface area contributed by atoms with Crippen LogP contribution in [0.1, 0.15) is 9.67 Å². The molecule has 5 rings (SSSR count). The van der Waals surface area contributed by atoms with E-state index in [0.717, 1.165) is 17.0 Å². The summed E-state index contributed by atoms with van der Waals surface area (Å²) in [4.78, 5) is 36.7. The van der Waals surface area contributed by atoms with Crippen molar-refractivity contribution in [2.24, 2.45) is 0 Å². The zero-order valence-corrected chi connectivity index (χ0v) is 18.1. The lowest BCUT2D eigenvalue weighted by Crippen LogP contribution is -2.12. The topological polar surface area (TPSA) is 129 Å². The summed E-state index contributed by atoms with van der Waals surface area (Å²) in [5, 5.41) is 18.8. The number of nitrogens with zero attached hydrogens (tertiary/aromatic N) is 6. The van der Waals surface area contributed by atoms with Crippen molar-refractivity contribution in [3.05, 3.63) is 87.1 Å². The van der Waals surface area contributed by atoms with E-state index in [1.807, 2.05) is 30.3 Å². The van der Waals surface area contributed by atoms with Gasteiger partial charge in [-0.25, -0.2) is 19.6 Å². The van der Waals surface area contributed by atoms with E-state index in [0.29, 0.717) is 27.6 Å². The molecule has 0 aliphatic heterocycles. The molecule has 1 aromatic carbocycles. The summed E-state index contributed by atoms with van der Waals surface area (Å²) in [6, 6.07) is 15.4. The first-order chi connectivity index (χ1) is 16.0. The number of nitro groups is 1. The van der Waals surface area contributed by atoms with Crippen molar-refractivity contribution in [1.29, 1.82) is 0 Å². The Balaban J connectivity index is 1.63. The molecular weight excluding hydrogens is 466 g/mol. The smallest absolute Gasteiger partial charge is 0.305 e. The van der Waals surface area contributed by atoms with Gasteiger partial charge in [0, 0.05) is 17.8 Å². The van der Waals surface area contributed by atoms with Crippen LogP contribution in [-0.2, 0) is 0 Å². The number of halogens is 1. The normalized spacial score (nSPS) is 10.9. The molecule has 0 fully saturated rings. The average Bonchev–Trinajstić information content (AvgIpc) is 3.48. The van der Waals surface area contributed by atoms with Crippen molar-refractivity contribution in [2.75, 3.05) is 5.32 Å². The Hall–Kier alpha value is -4.22. The van der Waals surface area contributed by atoms with Crippen LogP contribution >= 0.6 is 22.9 Å². The summed E-state index contributed by atoms with van der Waals surface area (Å²) in [6.07, 6.45) is 3.08. The molecule has 0 aliphatic rings. The predicted molar refractivity (Wildman–Crippen MR) is 124 cm³/mol. The van der Waals surface area contributed by atoms with Gasteiger partial charge in [-0.15, -0.1) is 0 Å². The van der Waals surface area contributed by atoms with Gasteiger partial charge >= 0.3 is 5.00 Å². The predicted octanol–water partition coefficient (Wildman–Crippen LogP) is 4.75. The number of para-hydroxylation sites is 1. The van der Waals surface area contributed by atoms with Crippen molar-refractivity contribution in [1.82, 2.24) is 24.7 Å². The molecule has 1 amide bonds. The molecule has 5 aromatic rings. The Labute approximate surface area is 194 Å². The number of pyridine rings is 1. The summed E-state index contributed by atoms with van der Waals surface area (Å²) in [7, 11) is 0. The fraction of sp³-hybridized carbons (Fsp3) is 0. The number of amides is 1. The summed E-state index contributed by atoms with van der Waals surface area (Å²) >= 11 is 6.68. The molecule has 0 spiro atoms. The third-order valence-electron chi connectivity index (χ3n) is 4.64. The van der Waals surface area contributed by atoms with E-state index < -0.39 is 10.8 Å². The molecule has 4 aromatic heterocycles. The highest BCUT2D eigenvalue weighted by atomic mass is 35.5. The number of carbonyl (C=O) groups is 1. The summed E-state index contributed by atoms with van der Waals surface area (Å²) < 4.78 is 1.63. The van der Waals surface area contributed by atoms with E-state index in [2.05, 4.69) is 25.4 Å². The first kappa shape index (κ1) is 20.7. The van der Waals surface area contributed by atoms with Crippen LogP contribution < -0.4 is 5.32 Å². The van der Waals surface area contributed by atoms with E-state index in [9.17, 15) is 14.9 Å². The molecule has 12 heteroatoms. The summed E-state index contributed by atoms with van der Waals surface area (Å²) in [5.74, 6) is -0.00858. The van der Waals surface area contributed by atoms with Crippen LogP contribution in [-0.4, -0.2) is 35.6 Å². The molecule has 0 saturated heterocycles. The standard InChI is InChI=1S/C21H12ClN7O3S/c22-16-8-6-12(10-23-16)18-25-19(27-21(30)15-7-9-17(33-15)29(31)32)14-11-24-28(20(14)26-18)13-4-2-1-3-5-13/h1-11H,(H,25,26,27,30). The van der Waals surface area contributed by atoms with E-state index in [4.69, 9.17) is 11.6 Å². The van der Waals surface area contributed by atoms with Gasteiger partial charge < -0.3 is 5.32 Å². The molecule has 0 aliphatic carbocycles. The Morgan fingerprint density at radius 3 is 2.58 bits per heavy atom. The van der Waals surface area contributed by atoms with Crippen LogP contribution in [0.4, 0.5) is 10.8 Å². The van der Waals surface area contributed by atoms with Gasteiger partial charge in [-0.2, -0.15) is 5.10 Å². The van der Waals surface area contributed by atoms with E-state index in [-0.39, 0.29) is 15.7 Å². The number of benzene rings is 1. The van der Waals surface area contributed by atoms with Gasteiger partial charge in [0.15, 0.2) is 11.5 Å². The third kappa shape index (κ3) is 4.02. The van der Waals surface area contributed by atoms with Gasteiger partial charge in [-0.05, 0) is 30.3 Å². The molecule has 0 atom stereocenters. The quantitative estimate of drug-likeness (QED) is 0.219. The Kier molecular flexibility index (Phi) is 5.24. The van der Waals surface area contributed by atoms with E-state index >= 15 is 0 Å². The van der Waals surface area contributed by atoms with Crippen molar-refractivity contribution in [3.8, 4) is 17.1 Å². The van der Waals surface area contributed by atoms with Crippen molar-refractivity contribution < 1.29 is 9.72 Å². The number of nitrogens with one attached hydrogen (secondary N) is 1. The number of anilines is 1. The molecule has 0 bridgehead atoms. The summed E-state index contributed by atoms with van der Waals surface area (Å²) in [6.45, 7) is 0. The molecule has 0 unspecified atom stereocenters. The highest BCUT2D eigenvalue weighted by molar-refractivity contribution is 7.17. The largest absolute Gasteiger partial charge is 0.324 e. The molecule has 33 heavy (non-hydrogen) atoms. The van der Waals surface area contributed by atoms with Gasteiger partial charge in [0.1, 0.15) is 11.0 Å². The molecule has 10 nitrogen and oxygen atoms in total. The number of hydrogen-bond acceptors (Lipinski definition) is 8. The maximum atomic E-state index is 12.8. The highest BCUT2D eigenvalue weighted by Gasteiger charge is 2.20. The van der Waals surface area contributed by atoms with E-state index in [1.165, 1.54) is 18.3 Å². The molecule has 0 saturated carbocycles. The lowest BCUT2D eigenvalue weighted by atomic mass is 10.2. The van der Waals surface area contributed by atoms with E-state index in [1.54, 1.807) is 23.0 Å². The van der Waals surface area contributed by atoms with Gasteiger partial charge in [0.2, 0.25) is 0 Å². The Morgan fingerprint density at radius 1 is 1.06 bits per heavy atom. The Bertz CT molecular complexity index is 1500. The fourth-order valence-corrected chi connectivity index (χ4v) is 3.94. The second kappa shape index (κ2) is 8.37. The zero-order valence-electron chi connectivity index (χ0n) is 16.5. The minimum atomic E-state index is -0.542. The molecular formula is C21H12ClN7O3S. The Morgan fingerprint density at radius 2 is 1.88 bits per heavy atom. The minimum Gasteiger partial charge on any atom is -0.305 e. The maximum absolute atomic E-state index is 12.8. The van der Waals surface area contributed by atoms with Gasteiger partial charge in [0.25, 0.3) is 5.91 Å². The first-order valence-electron chi connectivity index (χ1n) is 9.48. The SMILES string of the molecule is O=C(Nc1nc(-c2ccc(Cl)nc2)nc2c1cnn2-c1ccccc1)c1ccc([N+](=O)[O-])s1. The number of carbonyl (C=O) groups excluding carboxylic acids is 1. The van der Waals surface area contributed by atoms with Crippen LogP contribution in [0.25, 0.3) is 28.1 Å². The zero-order chi connectivity index (χ0) is 22.9. The lowest BCUT2D eigenvalue weighted by Gasteiger charge is -2.09. The number of thiophene rings is 1. The van der Waals surface area contributed by atoms with Crippen LogP contribution in [0.15, 0.2) is 67.0 Å². The number of hydrogen-bond donors (Lipinski definition) is 1. The first-order valence-corrected chi connectivity index (χ1v) is 10.7. The van der Waals surface area contributed by atoms with Gasteiger partial charge in [0.05, 0.1) is 27.1 Å². The maximum Gasteiger partial charge on any atom is 0.324 e. The monoisotopic (exact) mass is 477 g/mol. The third-order valence-corrected chi connectivity index (χ3v) is 5.90. The van der Waals surface area contributed by atoms with Crippen LogP contribution in [0, 0.1) is 10.1 Å². The second-order valence-corrected chi connectivity index (χ2v) is 8.19. The fourth-order valence-electron chi connectivity index (χ4n) is 3.12. The molecule has 162 valence electrons. The average molecular weight is 478 g/mol. The number of fused-ring (bicyclic) bond motifs is 1. The molecule has 4 heterocycles. The number of rotatable bonds is 5. The van der Waals surface area contributed by atoms with Crippen molar-refractivity contribution >= 4 is 50.7 Å². The van der Waals surface area contributed by atoms with Crippen LogP contribution in [0.5, 0.6) is 0 Å². The van der Waals surface area contributed by atoms with Crippen molar-refractivity contribution in [3.63, 3.8) is 0 Å². The van der Waals surface area contributed by atoms with Crippen LogP contribution in [0.2, 0.25) is 5.15 Å². The second-order valence-electron chi connectivity index (χ2n) is 6.74. The lowest BCUT2D eigenvalue weighted by molar-refractivity contribution is -0.380. The minimum absolute atomic E-state index is 0.127.